The molecular weight excluding hydrogens is 236 g/mol. The van der Waals surface area contributed by atoms with Crippen LogP contribution in [0.2, 0.25) is 0 Å². The maximum atomic E-state index is 11.1. The summed E-state index contributed by atoms with van der Waals surface area (Å²) in [4.78, 5) is 24.3. The number of morpholine rings is 1. The van der Waals surface area contributed by atoms with E-state index in [1.165, 1.54) is 6.92 Å². The van der Waals surface area contributed by atoms with Crippen LogP contribution in [0.25, 0.3) is 0 Å². The number of carboxylic acid groups (broad SMARTS) is 1. The molecule has 2 fully saturated rings. The van der Waals surface area contributed by atoms with Crippen molar-refractivity contribution in [2.75, 3.05) is 19.7 Å². The van der Waals surface area contributed by atoms with E-state index in [-0.39, 0.29) is 12.0 Å². The number of fused-ring (bicyclic) bond motifs is 1. The smallest absolute Gasteiger partial charge is 0.327 e. The highest BCUT2D eigenvalue weighted by Crippen LogP contribution is 2.29. The van der Waals surface area contributed by atoms with Crippen molar-refractivity contribution in [3.63, 3.8) is 0 Å². The van der Waals surface area contributed by atoms with Gasteiger partial charge in [0, 0.05) is 26.1 Å². The Kier molecular flexibility index (Phi) is 4.19. The summed E-state index contributed by atoms with van der Waals surface area (Å²) in [5, 5.41) is 11.6. The van der Waals surface area contributed by atoms with Crippen LogP contribution in [0.15, 0.2) is 0 Å². The van der Waals surface area contributed by atoms with Crippen LogP contribution >= 0.6 is 0 Å². The number of hydrogen-bond donors (Lipinski definition) is 2. The molecule has 2 aliphatic rings. The lowest BCUT2D eigenvalue weighted by atomic mass is 10.1. The van der Waals surface area contributed by atoms with Gasteiger partial charge in [-0.2, -0.15) is 0 Å². The van der Waals surface area contributed by atoms with Crippen molar-refractivity contribution in [2.24, 2.45) is 0 Å². The van der Waals surface area contributed by atoms with Gasteiger partial charge in [-0.15, -0.1) is 0 Å². The van der Waals surface area contributed by atoms with Crippen LogP contribution in [-0.2, 0) is 14.3 Å². The third-order valence-electron chi connectivity index (χ3n) is 3.69. The monoisotopic (exact) mass is 256 g/mol. The summed E-state index contributed by atoms with van der Waals surface area (Å²) in [5.74, 6) is -1.29. The van der Waals surface area contributed by atoms with Gasteiger partial charge in [0.15, 0.2) is 0 Å². The molecule has 18 heavy (non-hydrogen) atoms. The molecule has 6 nitrogen and oxygen atoms in total. The molecule has 0 radical (unpaired) electrons. The Morgan fingerprint density at radius 1 is 1.50 bits per heavy atom. The van der Waals surface area contributed by atoms with Crippen molar-refractivity contribution >= 4 is 11.9 Å². The molecule has 3 atom stereocenters. The molecule has 3 unspecified atom stereocenters. The molecule has 2 rings (SSSR count). The van der Waals surface area contributed by atoms with Crippen LogP contribution in [0.4, 0.5) is 0 Å². The van der Waals surface area contributed by atoms with E-state index in [4.69, 9.17) is 9.84 Å². The van der Waals surface area contributed by atoms with Gasteiger partial charge in [-0.25, -0.2) is 4.79 Å². The molecule has 1 aliphatic heterocycles. The van der Waals surface area contributed by atoms with E-state index in [2.05, 4.69) is 10.2 Å². The summed E-state index contributed by atoms with van der Waals surface area (Å²) >= 11 is 0. The lowest BCUT2D eigenvalue weighted by molar-refractivity contribution is -0.143. The van der Waals surface area contributed by atoms with E-state index in [9.17, 15) is 9.59 Å². The Hall–Kier alpha value is -1.14. The highest BCUT2D eigenvalue weighted by atomic mass is 16.5. The van der Waals surface area contributed by atoms with E-state index in [0.29, 0.717) is 19.2 Å². The number of carbonyl (C=O) groups is 2. The predicted molar refractivity (Wildman–Crippen MR) is 64.2 cm³/mol. The largest absolute Gasteiger partial charge is 0.480 e. The van der Waals surface area contributed by atoms with Crippen LogP contribution in [-0.4, -0.2) is 59.8 Å². The molecule has 1 saturated heterocycles. The minimum atomic E-state index is -0.980. The first-order valence-corrected chi connectivity index (χ1v) is 6.43. The number of ether oxygens (including phenoxy) is 1. The van der Waals surface area contributed by atoms with Crippen LogP contribution in [0.5, 0.6) is 0 Å². The third-order valence-corrected chi connectivity index (χ3v) is 3.69. The van der Waals surface area contributed by atoms with Crippen molar-refractivity contribution < 1.29 is 19.4 Å². The number of nitrogens with zero attached hydrogens (tertiary/aromatic N) is 1. The van der Waals surface area contributed by atoms with Crippen LogP contribution in [0.1, 0.15) is 26.2 Å². The Morgan fingerprint density at radius 2 is 2.28 bits per heavy atom. The number of carboxylic acids is 1. The first-order valence-electron chi connectivity index (χ1n) is 6.43. The van der Waals surface area contributed by atoms with Gasteiger partial charge in [-0.1, -0.05) is 0 Å². The summed E-state index contributed by atoms with van der Waals surface area (Å²) < 4.78 is 5.68. The van der Waals surface area contributed by atoms with Gasteiger partial charge in [0.05, 0.1) is 12.7 Å². The third kappa shape index (κ3) is 3.00. The molecule has 0 spiro atoms. The van der Waals surface area contributed by atoms with Gasteiger partial charge in [0.1, 0.15) is 6.04 Å². The standard InChI is InChI=1S/C12H20N2O4/c1-8(15)13-9(12(16)17)7-14-5-6-18-11-4-2-3-10(11)14/h9-11H,2-7H2,1H3,(H,13,15)(H,16,17). The molecule has 6 heteroatoms. The maximum absolute atomic E-state index is 11.1. The lowest BCUT2D eigenvalue weighted by Crippen LogP contribution is -2.55. The average molecular weight is 256 g/mol. The van der Waals surface area contributed by atoms with E-state index in [0.717, 1.165) is 25.8 Å². The number of hydrogen-bond acceptors (Lipinski definition) is 4. The number of nitrogens with one attached hydrogen (secondary N) is 1. The second kappa shape index (κ2) is 5.67. The van der Waals surface area contributed by atoms with Crippen LogP contribution < -0.4 is 5.32 Å². The fourth-order valence-electron chi connectivity index (χ4n) is 2.90. The topological polar surface area (TPSA) is 78.9 Å². The first kappa shape index (κ1) is 13.3. The van der Waals surface area contributed by atoms with Crippen molar-refractivity contribution in [1.29, 1.82) is 0 Å². The van der Waals surface area contributed by atoms with Crippen molar-refractivity contribution in [2.45, 2.75) is 44.4 Å². The minimum Gasteiger partial charge on any atom is -0.480 e. The zero-order chi connectivity index (χ0) is 13.1. The van der Waals surface area contributed by atoms with E-state index < -0.39 is 12.0 Å². The average Bonchev–Trinajstić information content (AvgIpc) is 2.76. The number of rotatable bonds is 4. The highest BCUT2D eigenvalue weighted by Gasteiger charge is 2.37. The van der Waals surface area contributed by atoms with Gasteiger partial charge < -0.3 is 15.2 Å². The fraction of sp³-hybridized carbons (Fsp3) is 0.833. The minimum absolute atomic E-state index is 0.241. The van der Waals surface area contributed by atoms with E-state index in [1.807, 2.05) is 0 Å². The molecule has 102 valence electrons. The quantitative estimate of drug-likeness (QED) is 0.730. The van der Waals surface area contributed by atoms with E-state index in [1.54, 1.807) is 0 Å². The number of aliphatic carboxylic acids is 1. The Balaban J connectivity index is 1.97. The fourth-order valence-corrected chi connectivity index (χ4v) is 2.90. The number of carbonyl (C=O) groups excluding carboxylic acids is 1. The number of amides is 1. The second-order valence-corrected chi connectivity index (χ2v) is 4.99. The molecule has 1 amide bonds. The summed E-state index contributed by atoms with van der Waals surface area (Å²) in [5.41, 5.74) is 0. The molecule has 2 N–H and O–H groups in total. The van der Waals surface area contributed by atoms with Crippen molar-refractivity contribution in [3.05, 3.63) is 0 Å². The van der Waals surface area contributed by atoms with Crippen LogP contribution in [0, 0.1) is 0 Å². The SMILES string of the molecule is CC(=O)NC(CN1CCOC2CCCC21)C(=O)O. The molecule has 1 heterocycles. The normalized spacial score (nSPS) is 29.6. The Labute approximate surface area is 106 Å². The van der Waals surface area contributed by atoms with Gasteiger partial charge in [-0.3, -0.25) is 9.69 Å². The predicted octanol–water partition coefficient (Wildman–Crippen LogP) is -0.171. The molecule has 1 saturated carbocycles. The van der Waals surface area contributed by atoms with Crippen molar-refractivity contribution in [1.82, 2.24) is 10.2 Å². The molecule has 0 bridgehead atoms. The molecule has 0 aromatic heterocycles. The highest BCUT2D eigenvalue weighted by molar-refractivity contribution is 5.82. The van der Waals surface area contributed by atoms with Gasteiger partial charge in [0.2, 0.25) is 5.91 Å². The van der Waals surface area contributed by atoms with Gasteiger partial charge >= 0.3 is 5.97 Å². The van der Waals surface area contributed by atoms with Crippen molar-refractivity contribution in [3.8, 4) is 0 Å². The van der Waals surface area contributed by atoms with Gasteiger partial charge in [0.25, 0.3) is 0 Å². The summed E-state index contributed by atoms with van der Waals surface area (Å²) in [6, 6.07) is -0.517. The Bertz CT molecular complexity index is 334. The summed E-state index contributed by atoms with van der Waals surface area (Å²) in [6.07, 6.45) is 3.48. The summed E-state index contributed by atoms with van der Waals surface area (Å²) in [6.45, 7) is 3.09. The zero-order valence-electron chi connectivity index (χ0n) is 10.6. The zero-order valence-corrected chi connectivity index (χ0v) is 10.6. The maximum Gasteiger partial charge on any atom is 0.327 e. The lowest BCUT2D eigenvalue weighted by Gasteiger charge is -2.38. The van der Waals surface area contributed by atoms with Gasteiger partial charge in [-0.05, 0) is 19.3 Å². The Morgan fingerprint density at radius 3 is 2.94 bits per heavy atom. The molecule has 0 aromatic carbocycles. The molecular formula is C12H20N2O4. The molecule has 1 aliphatic carbocycles. The van der Waals surface area contributed by atoms with Crippen LogP contribution in [0.3, 0.4) is 0 Å². The van der Waals surface area contributed by atoms with E-state index >= 15 is 0 Å². The molecule has 0 aromatic rings. The second-order valence-electron chi connectivity index (χ2n) is 4.99. The summed E-state index contributed by atoms with van der Waals surface area (Å²) in [7, 11) is 0. The first-order chi connectivity index (χ1) is 8.58.